The highest BCUT2D eigenvalue weighted by Crippen LogP contribution is 2.18. The van der Waals surface area contributed by atoms with E-state index in [0.717, 1.165) is 11.3 Å². The Morgan fingerprint density at radius 1 is 1.47 bits per heavy atom. The van der Waals surface area contributed by atoms with E-state index < -0.39 is 5.97 Å². The molecule has 0 atom stereocenters. The molecule has 1 aromatic rings. The number of likely N-dealkylation sites (N-methyl/N-ethyl adjacent to an activating group) is 1. The Morgan fingerprint density at radius 3 is 2.60 bits per heavy atom. The zero-order chi connectivity index (χ0) is 11.4. The van der Waals surface area contributed by atoms with Crippen LogP contribution in [0.4, 0.5) is 5.69 Å². The van der Waals surface area contributed by atoms with E-state index in [2.05, 4.69) is 6.58 Å². The molecule has 0 fully saturated rings. The minimum Gasteiger partial charge on any atom is -0.478 e. The number of hydrogen-bond acceptors (Lipinski definition) is 2. The van der Waals surface area contributed by atoms with Crippen molar-refractivity contribution in [2.24, 2.45) is 0 Å². The standard InChI is InChI=1S/C12H15NO2/c1-9-6-4-5-7-11(9)13(3)8-10(2)12(14)15/h4-7H,2,8H2,1,3H3,(H,14,15). The van der Waals surface area contributed by atoms with Gasteiger partial charge in [0.1, 0.15) is 0 Å². The molecule has 0 aromatic heterocycles. The van der Waals surface area contributed by atoms with E-state index in [4.69, 9.17) is 5.11 Å². The quantitative estimate of drug-likeness (QED) is 0.765. The second kappa shape index (κ2) is 4.64. The predicted octanol–water partition coefficient (Wildman–Crippen LogP) is 2.07. The fourth-order valence-electron chi connectivity index (χ4n) is 1.43. The van der Waals surface area contributed by atoms with E-state index >= 15 is 0 Å². The number of hydrogen-bond donors (Lipinski definition) is 1. The number of anilines is 1. The summed E-state index contributed by atoms with van der Waals surface area (Å²) in [5.41, 5.74) is 2.35. The second-order valence-corrected chi connectivity index (χ2v) is 3.55. The van der Waals surface area contributed by atoms with Crippen LogP contribution in [0.25, 0.3) is 0 Å². The van der Waals surface area contributed by atoms with Crippen LogP contribution >= 0.6 is 0 Å². The van der Waals surface area contributed by atoms with Gasteiger partial charge in [0.25, 0.3) is 0 Å². The van der Waals surface area contributed by atoms with Crippen LogP contribution in [0.5, 0.6) is 0 Å². The zero-order valence-corrected chi connectivity index (χ0v) is 9.03. The molecule has 1 rings (SSSR count). The van der Waals surface area contributed by atoms with E-state index in [9.17, 15) is 4.79 Å². The molecule has 0 heterocycles. The summed E-state index contributed by atoms with van der Waals surface area (Å²) in [6.45, 7) is 5.84. The van der Waals surface area contributed by atoms with Crippen LogP contribution in [0.1, 0.15) is 5.56 Å². The molecule has 1 N–H and O–H groups in total. The Bertz CT molecular complexity index is 385. The summed E-state index contributed by atoms with van der Waals surface area (Å²) in [6.07, 6.45) is 0. The summed E-state index contributed by atoms with van der Waals surface area (Å²) >= 11 is 0. The van der Waals surface area contributed by atoms with Crippen LogP contribution in [-0.2, 0) is 4.79 Å². The van der Waals surface area contributed by atoms with Gasteiger partial charge in [-0.2, -0.15) is 0 Å². The average molecular weight is 205 g/mol. The van der Waals surface area contributed by atoms with Crippen LogP contribution in [0.15, 0.2) is 36.4 Å². The Kier molecular flexibility index (Phi) is 3.50. The van der Waals surface area contributed by atoms with Gasteiger partial charge in [-0.05, 0) is 18.6 Å². The highest BCUT2D eigenvalue weighted by atomic mass is 16.4. The molecule has 15 heavy (non-hydrogen) atoms. The molecule has 80 valence electrons. The van der Waals surface area contributed by atoms with Crippen LogP contribution in [0, 0.1) is 6.92 Å². The van der Waals surface area contributed by atoms with Gasteiger partial charge in [-0.15, -0.1) is 0 Å². The lowest BCUT2D eigenvalue weighted by atomic mass is 10.1. The second-order valence-electron chi connectivity index (χ2n) is 3.55. The molecular weight excluding hydrogens is 190 g/mol. The molecule has 0 aliphatic rings. The number of benzene rings is 1. The summed E-state index contributed by atoms with van der Waals surface area (Å²) in [5.74, 6) is -0.949. The maximum Gasteiger partial charge on any atom is 0.332 e. The van der Waals surface area contributed by atoms with E-state index in [0.29, 0.717) is 6.54 Å². The predicted molar refractivity (Wildman–Crippen MR) is 61.2 cm³/mol. The molecule has 0 saturated heterocycles. The van der Waals surface area contributed by atoms with Crippen molar-refractivity contribution < 1.29 is 9.90 Å². The number of aliphatic carboxylic acids is 1. The molecule has 3 nitrogen and oxygen atoms in total. The first-order valence-corrected chi connectivity index (χ1v) is 4.70. The maximum absolute atomic E-state index is 10.6. The summed E-state index contributed by atoms with van der Waals surface area (Å²) in [4.78, 5) is 12.5. The van der Waals surface area contributed by atoms with Crippen molar-refractivity contribution >= 4 is 11.7 Å². The SMILES string of the molecule is C=C(CN(C)c1ccccc1C)C(=O)O. The number of carboxylic acid groups (broad SMARTS) is 1. The van der Waals surface area contributed by atoms with Gasteiger partial charge in [0.15, 0.2) is 0 Å². The third-order valence-corrected chi connectivity index (χ3v) is 2.26. The van der Waals surface area contributed by atoms with Gasteiger partial charge < -0.3 is 10.0 Å². The molecule has 0 amide bonds. The summed E-state index contributed by atoms with van der Waals surface area (Å²) in [5, 5.41) is 8.72. The van der Waals surface area contributed by atoms with Crippen molar-refractivity contribution in [1.82, 2.24) is 0 Å². The van der Waals surface area contributed by atoms with Crippen LogP contribution < -0.4 is 4.90 Å². The third-order valence-electron chi connectivity index (χ3n) is 2.26. The lowest BCUT2D eigenvalue weighted by Gasteiger charge is -2.21. The lowest BCUT2D eigenvalue weighted by Crippen LogP contribution is -2.23. The van der Waals surface area contributed by atoms with E-state index in [1.165, 1.54) is 0 Å². The lowest BCUT2D eigenvalue weighted by molar-refractivity contribution is -0.132. The van der Waals surface area contributed by atoms with Crippen molar-refractivity contribution in [1.29, 1.82) is 0 Å². The number of para-hydroxylation sites is 1. The number of carboxylic acids is 1. The van der Waals surface area contributed by atoms with E-state index in [1.807, 2.05) is 43.1 Å². The van der Waals surface area contributed by atoms with Crippen LogP contribution in [-0.4, -0.2) is 24.7 Å². The smallest absolute Gasteiger partial charge is 0.332 e. The number of aryl methyl sites for hydroxylation is 1. The van der Waals surface area contributed by atoms with Crippen molar-refractivity contribution in [3.63, 3.8) is 0 Å². The molecule has 0 saturated carbocycles. The van der Waals surface area contributed by atoms with E-state index in [-0.39, 0.29) is 5.57 Å². The molecule has 0 radical (unpaired) electrons. The fraction of sp³-hybridized carbons (Fsp3) is 0.250. The Hall–Kier alpha value is -1.77. The van der Waals surface area contributed by atoms with Crippen LogP contribution in [0.3, 0.4) is 0 Å². The first-order chi connectivity index (χ1) is 7.02. The Balaban J connectivity index is 2.78. The monoisotopic (exact) mass is 205 g/mol. The Labute approximate surface area is 89.6 Å². The molecule has 0 spiro atoms. The fourth-order valence-corrected chi connectivity index (χ4v) is 1.43. The number of carbonyl (C=O) groups is 1. The van der Waals surface area contributed by atoms with Gasteiger partial charge in [-0.1, -0.05) is 24.8 Å². The van der Waals surface area contributed by atoms with E-state index in [1.54, 1.807) is 0 Å². The number of nitrogens with zero attached hydrogens (tertiary/aromatic N) is 1. The summed E-state index contributed by atoms with van der Waals surface area (Å²) in [6, 6.07) is 7.85. The minimum atomic E-state index is -0.949. The van der Waals surface area contributed by atoms with Crippen molar-refractivity contribution in [3.8, 4) is 0 Å². The molecule has 0 unspecified atom stereocenters. The molecule has 0 aliphatic carbocycles. The first-order valence-electron chi connectivity index (χ1n) is 4.70. The summed E-state index contributed by atoms with van der Waals surface area (Å²) < 4.78 is 0. The van der Waals surface area contributed by atoms with Gasteiger partial charge in [0.05, 0.1) is 0 Å². The van der Waals surface area contributed by atoms with Gasteiger partial charge >= 0.3 is 5.97 Å². The zero-order valence-electron chi connectivity index (χ0n) is 9.03. The van der Waals surface area contributed by atoms with Crippen LogP contribution in [0.2, 0.25) is 0 Å². The molecule has 0 aliphatic heterocycles. The molecule has 0 bridgehead atoms. The normalized spacial score (nSPS) is 9.73. The van der Waals surface area contributed by atoms with Gasteiger partial charge in [0, 0.05) is 24.9 Å². The number of rotatable bonds is 4. The highest BCUT2D eigenvalue weighted by Gasteiger charge is 2.09. The Morgan fingerprint density at radius 2 is 2.07 bits per heavy atom. The van der Waals surface area contributed by atoms with Gasteiger partial charge in [-0.25, -0.2) is 4.79 Å². The third kappa shape index (κ3) is 2.84. The van der Waals surface area contributed by atoms with Gasteiger partial charge in [-0.3, -0.25) is 0 Å². The highest BCUT2D eigenvalue weighted by molar-refractivity contribution is 5.87. The van der Waals surface area contributed by atoms with Crippen molar-refractivity contribution in [2.45, 2.75) is 6.92 Å². The molecule has 3 heteroatoms. The van der Waals surface area contributed by atoms with Crippen molar-refractivity contribution in [2.75, 3.05) is 18.5 Å². The largest absolute Gasteiger partial charge is 0.478 e. The minimum absolute atomic E-state index is 0.195. The molecule has 1 aromatic carbocycles. The van der Waals surface area contributed by atoms with Crippen molar-refractivity contribution in [3.05, 3.63) is 42.0 Å². The average Bonchev–Trinajstić information content (AvgIpc) is 2.18. The molecular formula is C12H15NO2. The maximum atomic E-state index is 10.6. The first kappa shape index (κ1) is 11.3. The van der Waals surface area contributed by atoms with Gasteiger partial charge in [0.2, 0.25) is 0 Å². The topological polar surface area (TPSA) is 40.5 Å². The summed E-state index contributed by atoms with van der Waals surface area (Å²) in [7, 11) is 1.86.